The molecule has 4 nitrogen and oxygen atoms in total. The van der Waals surface area contributed by atoms with E-state index < -0.39 is 0 Å². The molecule has 0 spiro atoms. The number of amides is 1. The minimum atomic E-state index is -0.386. The lowest BCUT2D eigenvalue weighted by molar-refractivity contribution is 0.0934. The molecule has 0 heterocycles. The van der Waals surface area contributed by atoms with E-state index >= 15 is 0 Å². The molecule has 0 atom stereocenters. The average Bonchev–Trinajstić information content (AvgIpc) is 2.24. The third-order valence-corrected chi connectivity index (χ3v) is 1.94. The van der Waals surface area contributed by atoms with Crippen molar-refractivity contribution in [2.75, 3.05) is 19.9 Å². The summed E-state index contributed by atoms with van der Waals surface area (Å²) in [6, 6.07) is 0. The summed E-state index contributed by atoms with van der Waals surface area (Å²) in [6.07, 6.45) is 4.89. The molecule has 90 valence electrons. The molecule has 15 heavy (non-hydrogen) atoms. The van der Waals surface area contributed by atoms with Crippen LogP contribution in [0.4, 0.5) is 4.79 Å². The van der Waals surface area contributed by atoms with Gasteiger partial charge in [0.2, 0.25) is 0 Å². The Labute approximate surface area is 92.3 Å². The number of carbonyl (C=O) groups excluding carboxylic acids is 1. The lowest BCUT2D eigenvalue weighted by Gasteiger charge is -2.07. The van der Waals surface area contributed by atoms with Gasteiger partial charge in [-0.1, -0.05) is 33.1 Å². The lowest BCUT2D eigenvalue weighted by atomic mass is 10.3. The van der Waals surface area contributed by atoms with Gasteiger partial charge in [0.05, 0.1) is 6.61 Å². The van der Waals surface area contributed by atoms with Gasteiger partial charge in [0.1, 0.15) is 6.73 Å². The van der Waals surface area contributed by atoms with Crippen molar-refractivity contribution >= 4 is 6.09 Å². The Morgan fingerprint density at radius 1 is 1.07 bits per heavy atom. The Hall–Kier alpha value is -0.770. The summed E-state index contributed by atoms with van der Waals surface area (Å²) in [4.78, 5) is 11.0. The normalized spacial score (nSPS) is 10.0. The van der Waals surface area contributed by atoms with Crippen LogP contribution in [0.5, 0.6) is 0 Å². The Kier molecular flexibility index (Phi) is 10.7. The van der Waals surface area contributed by atoms with E-state index in [0.29, 0.717) is 13.2 Å². The van der Waals surface area contributed by atoms with Gasteiger partial charge in [0, 0.05) is 6.61 Å². The van der Waals surface area contributed by atoms with Crippen molar-refractivity contribution in [2.24, 2.45) is 0 Å². The fourth-order valence-electron chi connectivity index (χ4n) is 0.996. The molecular weight excluding hydrogens is 194 g/mol. The van der Waals surface area contributed by atoms with E-state index in [9.17, 15) is 4.79 Å². The van der Waals surface area contributed by atoms with E-state index in [1.54, 1.807) is 0 Å². The highest BCUT2D eigenvalue weighted by Gasteiger charge is 1.99. The highest BCUT2D eigenvalue weighted by molar-refractivity contribution is 5.66. The van der Waals surface area contributed by atoms with E-state index in [1.165, 1.54) is 0 Å². The highest BCUT2D eigenvalue weighted by atomic mass is 16.6. The second-order valence-electron chi connectivity index (χ2n) is 3.43. The smallest absolute Gasteiger partial charge is 0.408 e. The number of alkyl carbamates (subject to hydrolysis) is 1. The monoisotopic (exact) mass is 217 g/mol. The van der Waals surface area contributed by atoms with Gasteiger partial charge >= 0.3 is 6.09 Å². The molecular formula is C11H23NO3. The largest absolute Gasteiger partial charge is 0.450 e. The maximum atomic E-state index is 11.0. The van der Waals surface area contributed by atoms with Crippen molar-refractivity contribution in [2.45, 2.75) is 46.0 Å². The van der Waals surface area contributed by atoms with Crippen LogP contribution >= 0.6 is 0 Å². The average molecular weight is 217 g/mol. The van der Waals surface area contributed by atoms with Crippen LogP contribution in [0.25, 0.3) is 0 Å². The van der Waals surface area contributed by atoms with Crippen molar-refractivity contribution in [3.05, 3.63) is 0 Å². The van der Waals surface area contributed by atoms with E-state index in [0.717, 1.165) is 32.1 Å². The number of nitrogens with one attached hydrogen (secondary N) is 1. The summed E-state index contributed by atoms with van der Waals surface area (Å²) in [5.41, 5.74) is 0. The van der Waals surface area contributed by atoms with Crippen LogP contribution in [0.15, 0.2) is 0 Å². The first-order valence-electron chi connectivity index (χ1n) is 5.79. The Bertz CT molecular complexity index is 151. The second kappa shape index (κ2) is 11.3. The standard InChI is InChI=1S/C11H23NO3/c1-3-5-7-9-15-11(13)12-10-14-8-6-4-2/h3-10H2,1-2H3,(H,12,13). The number of carbonyl (C=O) groups is 1. The van der Waals surface area contributed by atoms with Gasteiger partial charge < -0.3 is 9.47 Å². The molecule has 0 bridgehead atoms. The molecule has 0 saturated carbocycles. The van der Waals surface area contributed by atoms with E-state index in [2.05, 4.69) is 19.2 Å². The lowest BCUT2D eigenvalue weighted by Crippen LogP contribution is -2.27. The molecule has 0 aliphatic heterocycles. The van der Waals surface area contributed by atoms with Gasteiger partial charge in [0.25, 0.3) is 0 Å². The minimum absolute atomic E-state index is 0.243. The number of rotatable bonds is 9. The molecule has 0 aromatic rings. The third kappa shape index (κ3) is 11.2. The fourth-order valence-corrected chi connectivity index (χ4v) is 0.996. The van der Waals surface area contributed by atoms with E-state index in [1.807, 2.05) is 0 Å². The SMILES string of the molecule is CCCCCOC(=O)NCOCCCC. The van der Waals surface area contributed by atoms with Gasteiger partial charge in [-0.05, 0) is 12.8 Å². The molecule has 0 unspecified atom stereocenters. The zero-order chi connectivity index (χ0) is 11.4. The molecule has 0 aliphatic carbocycles. The van der Waals surface area contributed by atoms with Gasteiger partial charge in [-0.3, -0.25) is 5.32 Å². The number of hydrogen-bond donors (Lipinski definition) is 1. The Balaban J connectivity index is 3.11. The van der Waals surface area contributed by atoms with Crippen molar-refractivity contribution < 1.29 is 14.3 Å². The molecule has 0 radical (unpaired) electrons. The maximum Gasteiger partial charge on any atom is 0.408 e. The first-order valence-corrected chi connectivity index (χ1v) is 5.79. The molecule has 0 aromatic heterocycles. The van der Waals surface area contributed by atoms with Gasteiger partial charge in [-0.2, -0.15) is 0 Å². The van der Waals surface area contributed by atoms with Crippen molar-refractivity contribution in [3.63, 3.8) is 0 Å². The first kappa shape index (κ1) is 14.2. The van der Waals surface area contributed by atoms with Crippen molar-refractivity contribution in [3.8, 4) is 0 Å². The molecule has 0 aromatic carbocycles. The molecule has 1 N–H and O–H groups in total. The summed E-state index contributed by atoms with van der Waals surface area (Å²) in [7, 11) is 0. The topological polar surface area (TPSA) is 47.6 Å². The van der Waals surface area contributed by atoms with Crippen LogP contribution in [0.2, 0.25) is 0 Å². The predicted octanol–water partition coefficient (Wildman–Crippen LogP) is 2.68. The minimum Gasteiger partial charge on any atom is -0.450 e. The predicted molar refractivity (Wildman–Crippen MR) is 59.7 cm³/mol. The van der Waals surface area contributed by atoms with Gasteiger partial charge in [-0.25, -0.2) is 4.79 Å². The van der Waals surface area contributed by atoms with Crippen LogP contribution in [0.1, 0.15) is 46.0 Å². The van der Waals surface area contributed by atoms with Crippen LogP contribution in [0.3, 0.4) is 0 Å². The summed E-state index contributed by atoms with van der Waals surface area (Å²) in [5.74, 6) is 0. The first-order chi connectivity index (χ1) is 7.31. The van der Waals surface area contributed by atoms with Crippen LogP contribution < -0.4 is 5.32 Å². The van der Waals surface area contributed by atoms with Crippen LogP contribution in [-0.4, -0.2) is 26.0 Å². The van der Waals surface area contributed by atoms with Crippen molar-refractivity contribution in [1.29, 1.82) is 0 Å². The zero-order valence-electron chi connectivity index (χ0n) is 9.88. The molecule has 0 fully saturated rings. The van der Waals surface area contributed by atoms with E-state index in [4.69, 9.17) is 9.47 Å². The quantitative estimate of drug-likeness (QED) is 0.477. The van der Waals surface area contributed by atoms with Gasteiger partial charge in [-0.15, -0.1) is 0 Å². The molecule has 4 heteroatoms. The second-order valence-corrected chi connectivity index (χ2v) is 3.43. The number of unbranched alkanes of at least 4 members (excludes halogenated alkanes) is 3. The van der Waals surface area contributed by atoms with Gasteiger partial charge in [0.15, 0.2) is 0 Å². The third-order valence-electron chi connectivity index (χ3n) is 1.94. The summed E-state index contributed by atoms with van der Waals surface area (Å²) in [6.45, 7) is 5.63. The van der Waals surface area contributed by atoms with Crippen molar-refractivity contribution in [1.82, 2.24) is 5.32 Å². The van der Waals surface area contributed by atoms with Crippen LogP contribution in [0, 0.1) is 0 Å². The molecule has 1 amide bonds. The molecule has 0 aliphatic rings. The molecule has 0 rings (SSSR count). The molecule has 0 saturated heterocycles. The summed E-state index contributed by atoms with van der Waals surface area (Å²) >= 11 is 0. The summed E-state index contributed by atoms with van der Waals surface area (Å²) in [5, 5.41) is 2.54. The van der Waals surface area contributed by atoms with Crippen LogP contribution in [-0.2, 0) is 9.47 Å². The number of ether oxygens (including phenoxy) is 2. The highest BCUT2D eigenvalue weighted by Crippen LogP contribution is 1.94. The number of hydrogen-bond acceptors (Lipinski definition) is 3. The zero-order valence-corrected chi connectivity index (χ0v) is 9.88. The fraction of sp³-hybridized carbons (Fsp3) is 0.909. The summed E-state index contributed by atoms with van der Waals surface area (Å²) < 4.78 is 10.1. The Morgan fingerprint density at radius 2 is 1.80 bits per heavy atom. The maximum absolute atomic E-state index is 11.0. The van der Waals surface area contributed by atoms with E-state index in [-0.39, 0.29) is 12.8 Å². The Morgan fingerprint density at radius 3 is 2.47 bits per heavy atom.